The molecule has 0 spiro atoms. The molecule has 0 heterocycles. The Bertz CT molecular complexity index is 1680. The summed E-state index contributed by atoms with van der Waals surface area (Å²) >= 11 is 0. The predicted molar refractivity (Wildman–Crippen MR) is 170 cm³/mol. The Morgan fingerprint density at radius 3 is 2.14 bits per heavy atom. The molecule has 0 aliphatic heterocycles. The zero-order valence-electron chi connectivity index (χ0n) is 25.3. The number of nitrogens with zero attached hydrogens (tertiary/aromatic N) is 2. The first-order valence-electron chi connectivity index (χ1n) is 14.1. The molecule has 230 valence electrons. The Kier molecular flexibility index (Phi) is 10.6. The molecule has 4 aromatic rings. The Morgan fingerprint density at radius 1 is 0.818 bits per heavy atom. The van der Waals surface area contributed by atoms with E-state index in [2.05, 4.69) is 5.32 Å². The maximum absolute atomic E-state index is 14.4. The summed E-state index contributed by atoms with van der Waals surface area (Å²) in [4.78, 5) is 29.3. The van der Waals surface area contributed by atoms with Crippen LogP contribution in [-0.4, -0.2) is 59.0 Å². The van der Waals surface area contributed by atoms with Gasteiger partial charge in [0.25, 0.3) is 10.0 Å². The number of methoxy groups -OCH3 is 2. The van der Waals surface area contributed by atoms with Gasteiger partial charge in [0.15, 0.2) is 0 Å². The number of hydrogen-bond acceptors (Lipinski definition) is 6. The highest BCUT2D eigenvalue weighted by molar-refractivity contribution is 7.92. The van der Waals surface area contributed by atoms with Crippen molar-refractivity contribution in [3.8, 4) is 11.5 Å². The van der Waals surface area contributed by atoms with Gasteiger partial charge in [-0.15, -0.1) is 0 Å². The van der Waals surface area contributed by atoms with Crippen molar-refractivity contribution in [3.63, 3.8) is 0 Å². The summed E-state index contributed by atoms with van der Waals surface area (Å²) in [6.45, 7) is 1.31. The van der Waals surface area contributed by atoms with Crippen LogP contribution in [0.15, 0.2) is 108 Å². The average Bonchev–Trinajstić information content (AvgIpc) is 3.05. The van der Waals surface area contributed by atoms with Crippen LogP contribution in [0.2, 0.25) is 0 Å². The topological polar surface area (TPSA) is 105 Å². The quantitative estimate of drug-likeness (QED) is 0.236. The van der Waals surface area contributed by atoms with Gasteiger partial charge >= 0.3 is 0 Å². The second kappa shape index (κ2) is 14.6. The molecular formula is C34H37N3O6S. The number of rotatable bonds is 13. The molecule has 0 unspecified atom stereocenters. The minimum absolute atomic E-state index is 0.0216. The summed E-state index contributed by atoms with van der Waals surface area (Å²) in [6.07, 6.45) is 0.218. The fourth-order valence-corrected chi connectivity index (χ4v) is 6.30. The number of sulfonamides is 1. The van der Waals surface area contributed by atoms with E-state index in [1.54, 1.807) is 61.7 Å². The molecule has 0 fully saturated rings. The number of para-hydroxylation sites is 2. The predicted octanol–water partition coefficient (Wildman–Crippen LogP) is 4.59. The number of carbonyl (C=O) groups is 2. The highest BCUT2D eigenvalue weighted by Gasteiger charge is 2.35. The maximum atomic E-state index is 14.4. The number of anilines is 1. The Labute approximate surface area is 259 Å². The van der Waals surface area contributed by atoms with Crippen LogP contribution in [0.3, 0.4) is 0 Å². The number of aryl methyl sites for hydroxylation is 1. The minimum atomic E-state index is -4.24. The van der Waals surface area contributed by atoms with Gasteiger partial charge in [-0.1, -0.05) is 72.3 Å². The van der Waals surface area contributed by atoms with E-state index in [1.165, 1.54) is 31.2 Å². The molecule has 10 heteroatoms. The lowest BCUT2D eigenvalue weighted by molar-refractivity contribution is -0.139. The largest absolute Gasteiger partial charge is 0.497 e. The lowest BCUT2D eigenvalue weighted by Gasteiger charge is -2.34. The normalized spacial score (nSPS) is 11.7. The van der Waals surface area contributed by atoms with Gasteiger partial charge < -0.3 is 19.7 Å². The van der Waals surface area contributed by atoms with Crippen LogP contribution >= 0.6 is 0 Å². The van der Waals surface area contributed by atoms with Gasteiger partial charge in [-0.25, -0.2) is 8.42 Å². The highest BCUT2D eigenvalue weighted by atomic mass is 32.2. The summed E-state index contributed by atoms with van der Waals surface area (Å²) in [5.41, 5.74) is 2.65. The third-order valence-corrected chi connectivity index (χ3v) is 9.02. The molecule has 0 saturated heterocycles. The van der Waals surface area contributed by atoms with Crippen LogP contribution in [0.4, 0.5) is 5.69 Å². The lowest BCUT2D eigenvalue weighted by Crippen LogP contribution is -2.53. The third-order valence-electron chi connectivity index (χ3n) is 7.25. The van der Waals surface area contributed by atoms with Crippen molar-refractivity contribution in [1.82, 2.24) is 10.2 Å². The van der Waals surface area contributed by atoms with Crippen LogP contribution in [0.25, 0.3) is 0 Å². The lowest BCUT2D eigenvalue weighted by atomic mass is 10.0. The molecule has 0 radical (unpaired) electrons. The molecule has 2 amide bonds. The van der Waals surface area contributed by atoms with E-state index in [-0.39, 0.29) is 35.2 Å². The van der Waals surface area contributed by atoms with E-state index in [0.717, 1.165) is 15.4 Å². The van der Waals surface area contributed by atoms with Gasteiger partial charge in [-0.3, -0.25) is 13.9 Å². The number of likely N-dealkylation sites (N-methyl/N-ethyl adjacent to an activating group) is 1. The molecule has 0 bridgehead atoms. The SMILES string of the molecule is CNC(=O)[C@H](Cc1ccccc1)N(Cc1cccc(OC)c1)C(=O)CN(c1ccccc1OC)S(=O)(=O)c1ccc(C)cc1. The van der Waals surface area contributed by atoms with Gasteiger partial charge in [0.1, 0.15) is 24.1 Å². The van der Waals surface area contributed by atoms with Crippen molar-refractivity contribution in [2.45, 2.75) is 30.8 Å². The maximum Gasteiger partial charge on any atom is 0.264 e. The highest BCUT2D eigenvalue weighted by Crippen LogP contribution is 2.33. The van der Waals surface area contributed by atoms with E-state index < -0.39 is 28.5 Å². The van der Waals surface area contributed by atoms with E-state index in [9.17, 15) is 18.0 Å². The van der Waals surface area contributed by atoms with Crippen LogP contribution in [0.5, 0.6) is 11.5 Å². The van der Waals surface area contributed by atoms with Gasteiger partial charge in [0.05, 0.1) is 24.8 Å². The summed E-state index contributed by atoms with van der Waals surface area (Å²) in [7, 11) is 0.257. The molecule has 44 heavy (non-hydrogen) atoms. The van der Waals surface area contributed by atoms with Crippen molar-refractivity contribution in [1.29, 1.82) is 0 Å². The number of ether oxygens (including phenoxy) is 2. The number of benzene rings is 4. The van der Waals surface area contributed by atoms with Gasteiger partial charge in [0, 0.05) is 20.0 Å². The van der Waals surface area contributed by atoms with Crippen molar-refractivity contribution >= 4 is 27.5 Å². The fraction of sp³-hybridized carbons (Fsp3) is 0.235. The molecule has 0 aliphatic carbocycles. The van der Waals surface area contributed by atoms with Crippen LogP contribution in [0, 0.1) is 6.92 Å². The summed E-state index contributed by atoms with van der Waals surface area (Å²) in [5.74, 6) is -0.0798. The van der Waals surface area contributed by atoms with E-state index in [4.69, 9.17) is 9.47 Å². The molecular weight excluding hydrogens is 578 g/mol. The second-order valence-corrected chi connectivity index (χ2v) is 12.1. The molecule has 4 aromatic carbocycles. The molecule has 1 N–H and O–H groups in total. The smallest absolute Gasteiger partial charge is 0.264 e. The summed E-state index contributed by atoms with van der Waals surface area (Å²) in [6, 6.07) is 28.6. The van der Waals surface area contributed by atoms with Crippen molar-refractivity contribution in [2.75, 3.05) is 32.1 Å². The van der Waals surface area contributed by atoms with E-state index in [1.807, 2.05) is 43.3 Å². The molecule has 0 aromatic heterocycles. The zero-order valence-corrected chi connectivity index (χ0v) is 26.1. The van der Waals surface area contributed by atoms with Crippen LogP contribution < -0.4 is 19.1 Å². The van der Waals surface area contributed by atoms with E-state index in [0.29, 0.717) is 11.3 Å². The number of nitrogens with one attached hydrogen (secondary N) is 1. The third kappa shape index (κ3) is 7.57. The number of carbonyl (C=O) groups excluding carboxylic acids is 2. The van der Waals surface area contributed by atoms with E-state index >= 15 is 0 Å². The van der Waals surface area contributed by atoms with Gasteiger partial charge in [-0.05, 0) is 54.4 Å². The minimum Gasteiger partial charge on any atom is -0.497 e. The van der Waals surface area contributed by atoms with Gasteiger partial charge in [-0.2, -0.15) is 0 Å². The monoisotopic (exact) mass is 615 g/mol. The first-order valence-corrected chi connectivity index (χ1v) is 15.5. The number of hydrogen-bond donors (Lipinski definition) is 1. The van der Waals surface area contributed by atoms with Crippen molar-refractivity contribution in [3.05, 3.63) is 120 Å². The fourth-order valence-electron chi connectivity index (χ4n) is 4.87. The first kappa shape index (κ1) is 32.1. The van der Waals surface area contributed by atoms with Crippen molar-refractivity contribution < 1.29 is 27.5 Å². The molecule has 0 aliphatic rings. The second-order valence-electron chi connectivity index (χ2n) is 10.2. The Balaban J connectivity index is 1.82. The van der Waals surface area contributed by atoms with Crippen molar-refractivity contribution in [2.24, 2.45) is 0 Å². The average molecular weight is 616 g/mol. The van der Waals surface area contributed by atoms with Gasteiger partial charge in [0.2, 0.25) is 11.8 Å². The zero-order chi connectivity index (χ0) is 31.7. The Morgan fingerprint density at radius 2 is 1.48 bits per heavy atom. The molecule has 0 saturated carbocycles. The molecule has 1 atom stereocenters. The van der Waals surface area contributed by atoms with Crippen LogP contribution in [-0.2, 0) is 32.6 Å². The number of amides is 2. The summed E-state index contributed by atoms with van der Waals surface area (Å²) < 4.78 is 40.3. The summed E-state index contributed by atoms with van der Waals surface area (Å²) in [5, 5.41) is 2.68. The van der Waals surface area contributed by atoms with Crippen LogP contribution in [0.1, 0.15) is 16.7 Å². The molecule has 9 nitrogen and oxygen atoms in total. The Hall–Kier alpha value is -4.83. The molecule has 4 rings (SSSR count). The standard InChI is InChI=1S/C34H37N3O6S/c1-25-17-19-29(20-18-25)44(40,41)37(30-15-8-9-16-32(30)43-4)24-33(38)36(23-27-13-10-14-28(21-27)42-3)31(34(39)35-2)22-26-11-6-5-7-12-26/h5-21,31H,22-24H2,1-4H3,(H,35,39)/t31-/m0/s1. The first-order chi connectivity index (χ1) is 21.2.